The highest BCUT2D eigenvalue weighted by Crippen LogP contribution is 2.31. The van der Waals surface area contributed by atoms with E-state index in [1.807, 2.05) is 13.8 Å². The molecule has 1 aromatic rings. The van der Waals surface area contributed by atoms with Crippen molar-refractivity contribution in [2.75, 3.05) is 6.54 Å². The maximum atomic E-state index is 12.5. The van der Waals surface area contributed by atoms with Crippen LogP contribution in [0.3, 0.4) is 0 Å². The molecule has 2 N–H and O–H groups in total. The second-order valence-corrected chi connectivity index (χ2v) is 7.92. The lowest BCUT2D eigenvalue weighted by molar-refractivity contribution is 0.506. The Morgan fingerprint density at radius 1 is 1.38 bits per heavy atom. The second-order valence-electron chi connectivity index (χ2n) is 6.27. The van der Waals surface area contributed by atoms with Gasteiger partial charge in [0.25, 0.3) is 0 Å². The van der Waals surface area contributed by atoms with Gasteiger partial charge in [0, 0.05) is 18.6 Å². The Labute approximate surface area is 127 Å². The van der Waals surface area contributed by atoms with Crippen LogP contribution >= 0.6 is 0 Å². The van der Waals surface area contributed by atoms with Crippen molar-refractivity contribution in [3.05, 3.63) is 11.4 Å². The lowest BCUT2D eigenvalue weighted by Gasteiger charge is -2.10. The fourth-order valence-electron chi connectivity index (χ4n) is 2.49. The molecule has 21 heavy (non-hydrogen) atoms. The highest BCUT2D eigenvalue weighted by Gasteiger charge is 2.38. The highest BCUT2D eigenvalue weighted by molar-refractivity contribution is 7.89. The van der Waals surface area contributed by atoms with E-state index in [-0.39, 0.29) is 6.04 Å². The third kappa shape index (κ3) is 3.84. The minimum Gasteiger partial charge on any atom is -0.313 e. The van der Waals surface area contributed by atoms with Crippen molar-refractivity contribution < 1.29 is 8.42 Å². The van der Waals surface area contributed by atoms with Gasteiger partial charge < -0.3 is 5.32 Å². The average Bonchev–Trinajstić information content (AvgIpc) is 2.92. The number of aromatic nitrogens is 2. The molecule has 0 bridgehead atoms. The Morgan fingerprint density at radius 3 is 2.52 bits per heavy atom. The first-order chi connectivity index (χ1) is 9.72. The lowest BCUT2D eigenvalue weighted by Crippen LogP contribution is -2.28. The predicted molar refractivity (Wildman–Crippen MR) is 82.7 cm³/mol. The minimum absolute atomic E-state index is 0.0831. The van der Waals surface area contributed by atoms with Crippen molar-refractivity contribution in [1.82, 2.24) is 19.8 Å². The molecule has 0 aliphatic heterocycles. The van der Waals surface area contributed by atoms with Gasteiger partial charge in [-0.1, -0.05) is 20.8 Å². The number of hydrogen-bond acceptors (Lipinski definition) is 4. The molecule has 1 aliphatic carbocycles. The van der Waals surface area contributed by atoms with Crippen LogP contribution in [0, 0.1) is 19.8 Å². The molecule has 6 nitrogen and oxygen atoms in total. The smallest absolute Gasteiger partial charge is 0.244 e. The summed E-state index contributed by atoms with van der Waals surface area (Å²) < 4.78 is 29.5. The molecule has 0 radical (unpaired) electrons. The second kappa shape index (κ2) is 6.06. The van der Waals surface area contributed by atoms with E-state index in [2.05, 4.69) is 29.0 Å². The van der Waals surface area contributed by atoms with Gasteiger partial charge in [-0.25, -0.2) is 13.1 Å². The maximum absolute atomic E-state index is 12.5. The zero-order valence-corrected chi connectivity index (χ0v) is 14.3. The van der Waals surface area contributed by atoms with Crippen molar-refractivity contribution in [1.29, 1.82) is 0 Å². The third-order valence-corrected chi connectivity index (χ3v) is 5.62. The van der Waals surface area contributed by atoms with Crippen molar-refractivity contribution in [3.63, 3.8) is 0 Å². The minimum atomic E-state index is -3.47. The number of hydrogen-bond donors (Lipinski definition) is 2. The zero-order valence-electron chi connectivity index (χ0n) is 13.5. The van der Waals surface area contributed by atoms with Crippen molar-refractivity contribution in [2.24, 2.45) is 5.92 Å². The summed E-state index contributed by atoms with van der Waals surface area (Å²) in [4.78, 5) is 0.339. The topological polar surface area (TPSA) is 76.0 Å². The first-order valence-corrected chi connectivity index (χ1v) is 9.00. The summed E-state index contributed by atoms with van der Waals surface area (Å²) in [6, 6.07) is 0.489. The van der Waals surface area contributed by atoms with Crippen LogP contribution in [0.25, 0.3) is 0 Å². The van der Waals surface area contributed by atoms with E-state index < -0.39 is 10.0 Å². The van der Waals surface area contributed by atoms with Gasteiger partial charge in [-0.2, -0.15) is 5.10 Å². The molecule has 1 saturated carbocycles. The normalized spacial score (nSPS) is 22.0. The predicted octanol–water partition coefficient (Wildman–Crippen LogP) is 1.18. The number of nitrogens with zero attached hydrogens (tertiary/aromatic N) is 2. The Hall–Kier alpha value is -0.920. The van der Waals surface area contributed by atoms with Gasteiger partial charge in [0.1, 0.15) is 4.90 Å². The lowest BCUT2D eigenvalue weighted by atomic mass is 10.4. The summed E-state index contributed by atoms with van der Waals surface area (Å²) in [5.74, 6) is 0.436. The van der Waals surface area contributed by atoms with Crippen LogP contribution in [-0.2, 0) is 16.6 Å². The fraction of sp³-hybridized carbons (Fsp3) is 0.786. The standard InChI is InChI=1S/C14H26N4O2S/c1-9(2)15-6-7-18-12(5)14(11(4)16-18)21(19,20)17-13-8-10(13)3/h9-10,13,15,17H,6-8H2,1-5H3. The summed E-state index contributed by atoms with van der Waals surface area (Å²) in [5.41, 5.74) is 1.27. The fourth-order valence-corrected chi connectivity index (χ4v) is 4.26. The quantitative estimate of drug-likeness (QED) is 0.792. The van der Waals surface area contributed by atoms with Crippen molar-refractivity contribution in [2.45, 2.75) is 64.6 Å². The van der Waals surface area contributed by atoms with E-state index in [0.29, 0.717) is 34.8 Å². The van der Waals surface area contributed by atoms with Gasteiger partial charge in [0.15, 0.2) is 0 Å². The Kier molecular flexibility index (Phi) is 4.75. The van der Waals surface area contributed by atoms with Gasteiger partial charge in [-0.05, 0) is 26.2 Å². The molecule has 1 heterocycles. The molecule has 1 aromatic heterocycles. The van der Waals surface area contributed by atoms with E-state index in [4.69, 9.17) is 0 Å². The van der Waals surface area contributed by atoms with E-state index in [1.165, 1.54) is 0 Å². The van der Waals surface area contributed by atoms with Gasteiger partial charge in [-0.15, -0.1) is 0 Å². The van der Waals surface area contributed by atoms with Crippen LogP contribution in [0.15, 0.2) is 4.90 Å². The molecule has 1 fully saturated rings. The van der Waals surface area contributed by atoms with Crippen LogP contribution in [0.2, 0.25) is 0 Å². The molecular weight excluding hydrogens is 288 g/mol. The average molecular weight is 314 g/mol. The van der Waals surface area contributed by atoms with E-state index in [1.54, 1.807) is 11.6 Å². The molecule has 0 aromatic carbocycles. The van der Waals surface area contributed by atoms with Gasteiger partial charge >= 0.3 is 0 Å². The number of sulfonamides is 1. The molecule has 0 spiro atoms. The van der Waals surface area contributed by atoms with Gasteiger partial charge in [0.05, 0.1) is 17.9 Å². The molecule has 2 unspecified atom stereocenters. The zero-order chi connectivity index (χ0) is 15.8. The Bertz CT molecular complexity index is 607. The molecular formula is C14H26N4O2S. The molecule has 7 heteroatoms. The molecule has 0 amide bonds. The maximum Gasteiger partial charge on any atom is 0.244 e. The Balaban J connectivity index is 2.14. The summed E-state index contributed by atoms with van der Waals surface area (Å²) in [6.45, 7) is 11.2. The molecule has 1 aliphatic rings. The summed E-state index contributed by atoms with van der Waals surface area (Å²) >= 11 is 0. The molecule has 0 saturated heterocycles. The molecule has 120 valence electrons. The largest absolute Gasteiger partial charge is 0.313 e. The van der Waals surface area contributed by atoms with E-state index in [9.17, 15) is 8.42 Å². The highest BCUT2D eigenvalue weighted by atomic mass is 32.2. The van der Waals surface area contributed by atoms with Gasteiger partial charge in [-0.3, -0.25) is 4.68 Å². The summed E-state index contributed by atoms with van der Waals surface area (Å²) in [6.07, 6.45) is 0.920. The van der Waals surface area contributed by atoms with Crippen LogP contribution in [-0.4, -0.2) is 36.8 Å². The number of aryl methyl sites for hydroxylation is 1. The Morgan fingerprint density at radius 2 is 2.00 bits per heavy atom. The van der Waals surface area contributed by atoms with Crippen LogP contribution in [0.4, 0.5) is 0 Å². The summed E-state index contributed by atoms with van der Waals surface area (Å²) in [7, 11) is -3.47. The van der Waals surface area contributed by atoms with Crippen LogP contribution in [0.1, 0.15) is 38.6 Å². The van der Waals surface area contributed by atoms with Crippen molar-refractivity contribution in [3.8, 4) is 0 Å². The van der Waals surface area contributed by atoms with Gasteiger partial charge in [0.2, 0.25) is 10.0 Å². The van der Waals surface area contributed by atoms with E-state index >= 15 is 0 Å². The number of nitrogens with one attached hydrogen (secondary N) is 2. The molecule has 2 rings (SSSR count). The third-order valence-electron chi connectivity index (χ3n) is 3.88. The first-order valence-electron chi connectivity index (χ1n) is 7.52. The van der Waals surface area contributed by atoms with E-state index in [0.717, 1.165) is 13.0 Å². The van der Waals surface area contributed by atoms with Crippen LogP contribution in [0.5, 0.6) is 0 Å². The SMILES string of the molecule is Cc1nn(CCNC(C)C)c(C)c1S(=O)(=O)NC1CC1C. The monoisotopic (exact) mass is 314 g/mol. The van der Waals surface area contributed by atoms with Crippen LogP contribution < -0.4 is 10.0 Å². The molecule has 2 atom stereocenters. The number of rotatable bonds is 7. The van der Waals surface area contributed by atoms with Crippen molar-refractivity contribution >= 4 is 10.0 Å². The first kappa shape index (κ1) is 16.5. The summed E-state index contributed by atoms with van der Waals surface area (Å²) in [5, 5.41) is 7.69.